The Bertz CT molecular complexity index is 260. The predicted molar refractivity (Wildman–Crippen MR) is 63.6 cm³/mol. The van der Waals surface area contributed by atoms with E-state index in [1.54, 1.807) is 0 Å². The molecule has 2 rings (SSSR count). The quantitative estimate of drug-likeness (QED) is 0.785. The van der Waals surface area contributed by atoms with Crippen molar-refractivity contribution in [1.29, 1.82) is 0 Å². The second kappa shape index (κ2) is 5.96. The summed E-state index contributed by atoms with van der Waals surface area (Å²) in [5.41, 5.74) is 0. The fourth-order valence-electron chi connectivity index (χ4n) is 2.43. The molecule has 100 valence electrons. The Morgan fingerprint density at radius 2 is 1.71 bits per heavy atom. The van der Waals surface area contributed by atoms with Gasteiger partial charge in [0.1, 0.15) is 0 Å². The van der Waals surface area contributed by atoms with Crippen molar-refractivity contribution < 1.29 is 13.6 Å². The molecule has 1 N–H and O–H groups in total. The van der Waals surface area contributed by atoms with Gasteiger partial charge in [-0.05, 0) is 12.8 Å². The van der Waals surface area contributed by atoms with E-state index in [-0.39, 0.29) is 37.1 Å². The molecule has 6 heteroatoms. The maximum absolute atomic E-state index is 12.9. The first-order valence-corrected chi connectivity index (χ1v) is 5.96. The number of halogens is 3. The fourth-order valence-corrected chi connectivity index (χ4v) is 2.43. The molecular formula is C11H19ClF2N2O. The van der Waals surface area contributed by atoms with Crippen LogP contribution < -0.4 is 5.32 Å². The number of amides is 1. The molecule has 1 saturated carbocycles. The van der Waals surface area contributed by atoms with Crippen LogP contribution in [-0.4, -0.2) is 42.9 Å². The number of hydrogen-bond acceptors (Lipinski definition) is 2. The molecule has 1 amide bonds. The molecule has 17 heavy (non-hydrogen) atoms. The lowest BCUT2D eigenvalue weighted by molar-refractivity contribution is -0.140. The van der Waals surface area contributed by atoms with E-state index in [2.05, 4.69) is 5.32 Å². The first-order valence-electron chi connectivity index (χ1n) is 5.96. The van der Waals surface area contributed by atoms with Gasteiger partial charge in [-0.2, -0.15) is 0 Å². The number of hydrogen-bond donors (Lipinski definition) is 1. The van der Waals surface area contributed by atoms with Crippen LogP contribution in [0.2, 0.25) is 0 Å². The first-order chi connectivity index (χ1) is 7.58. The van der Waals surface area contributed by atoms with E-state index >= 15 is 0 Å². The minimum absolute atomic E-state index is 0. The van der Waals surface area contributed by atoms with Crippen LogP contribution in [0.1, 0.15) is 25.7 Å². The minimum Gasteiger partial charge on any atom is -0.340 e. The molecule has 1 aliphatic carbocycles. The topological polar surface area (TPSA) is 32.3 Å². The van der Waals surface area contributed by atoms with Crippen LogP contribution in [0.15, 0.2) is 0 Å². The average Bonchev–Trinajstić information content (AvgIpc) is 2.29. The standard InChI is InChI=1S/C11H18F2N2O.ClH/c12-11(13)3-1-9(2-4-11)10(16)15-7-5-14-6-8-15;/h9,14H,1-8H2;1H. The van der Waals surface area contributed by atoms with E-state index in [9.17, 15) is 13.6 Å². The highest BCUT2D eigenvalue weighted by Crippen LogP contribution is 2.36. The SMILES string of the molecule is Cl.O=C(C1CCC(F)(F)CC1)N1CCNCC1. The molecule has 2 fully saturated rings. The molecule has 1 saturated heterocycles. The lowest BCUT2D eigenvalue weighted by Crippen LogP contribution is -2.49. The monoisotopic (exact) mass is 268 g/mol. The van der Waals surface area contributed by atoms with E-state index in [1.807, 2.05) is 4.90 Å². The molecule has 0 atom stereocenters. The van der Waals surface area contributed by atoms with Crippen LogP contribution in [-0.2, 0) is 4.79 Å². The number of nitrogens with zero attached hydrogens (tertiary/aromatic N) is 1. The van der Waals surface area contributed by atoms with Crippen LogP contribution in [0.25, 0.3) is 0 Å². The summed E-state index contributed by atoms with van der Waals surface area (Å²) in [6, 6.07) is 0. The molecule has 0 aromatic carbocycles. The lowest BCUT2D eigenvalue weighted by atomic mass is 9.86. The third kappa shape index (κ3) is 3.78. The smallest absolute Gasteiger partial charge is 0.248 e. The summed E-state index contributed by atoms with van der Waals surface area (Å²) >= 11 is 0. The second-order valence-corrected chi connectivity index (χ2v) is 4.71. The highest BCUT2D eigenvalue weighted by Gasteiger charge is 2.38. The van der Waals surface area contributed by atoms with Crippen molar-refractivity contribution >= 4 is 18.3 Å². The van der Waals surface area contributed by atoms with Gasteiger partial charge >= 0.3 is 0 Å². The van der Waals surface area contributed by atoms with Gasteiger partial charge in [0, 0.05) is 44.9 Å². The molecule has 1 aliphatic heterocycles. The summed E-state index contributed by atoms with van der Waals surface area (Å²) in [5.74, 6) is -2.63. The Kier molecular flexibility index (Phi) is 5.13. The second-order valence-electron chi connectivity index (χ2n) is 4.71. The number of carbonyl (C=O) groups excluding carboxylic acids is 1. The van der Waals surface area contributed by atoms with Crippen LogP contribution in [0.3, 0.4) is 0 Å². The zero-order valence-corrected chi connectivity index (χ0v) is 10.6. The van der Waals surface area contributed by atoms with Gasteiger partial charge in [0.15, 0.2) is 0 Å². The number of carbonyl (C=O) groups is 1. The summed E-state index contributed by atoms with van der Waals surface area (Å²) in [7, 11) is 0. The van der Waals surface area contributed by atoms with Crippen molar-refractivity contribution in [2.45, 2.75) is 31.6 Å². The summed E-state index contributed by atoms with van der Waals surface area (Å²) < 4.78 is 25.9. The molecule has 0 unspecified atom stereocenters. The van der Waals surface area contributed by atoms with Gasteiger partial charge < -0.3 is 10.2 Å². The maximum Gasteiger partial charge on any atom is 0.248 e. The molecule has 0 bridgehead atoms. The molecule has 2 aliphatic rings. The summed E-state index contributed by atoms with van der Waals surface area (Å²) in [4.78, 5) is 13.8. The van der Waals surface area contributed by atoms with Crippen molar-refractivity contribution in [3.8, 4) is 0 Å². The molecule has 0 aromatic rings. The molecule has 0 aromatic heterocycles. The van der Waals surface area contributed by atoms with Gasteiger partial charge in [0.2, 0.25) is 11.8 Å². The van der Waals surface area contributed by atoms with Gasteiger partial charge in [0.05, 0.1) is 0 Å². The molecule has 1 heterocycles. The summed E-state index contributed by atoms with van der Waals surface area (Å²) in [5, 5.41) is 3.17. The van der Waals surface area contributed by atoms with Crippen LogP contribution >= 0.6 is 12.4 Å². The van der Waals surface area contributed by atoms with Gasteiger partial charge in [-0.1, -0.05) is 0 Å². The van der Waals surface area contributed by atoms with E-state index in [4.69, 9.17) is 0 Å². The third-order valence-electron chi connectivity index (χ3n) is 3.50. The normalized spacial score (nSPS) is 25.2. The van der Waals surface area contributed by atoms with Crippen LogP contribution in [0.5, 0.6) is 0 Å². The molecular weight excluding hydrogens is 250 g/mol. The Hall–Kier alpha value is -0.420. The Balaban J connectivity index is 0.00000144. The van der Waals surface area contributed by atoms with Crippen molar-refractivity contribution in [2.24, 2.45) is 5.92 Å². The first kappa shape index (κ1) is 14.6. The van der Waals surface area contributed by atoms with E-state index in [1.165, 1.54) is 0 Å². The van der Waals surface area contributed by atoms with Crippen molar-refractivity contribution in [3.63, 3.8) is 0 Å². The average molecular weight is 269 g/mol. The Morgan fingerprint density at radius 1 is 1.18 bits per heavy atom. The highest BCUT2D eigenvalue weighted by atomic mass is 35.5. The van der Waals surface area contributed by atoms with Crippen molar-refractivity contribution in [3.05, 3.63) is 0 Å². The predicted octanol–water partition coefficient (Wildman–Crippen LogP) is 1.67. The zero-order valence-electron chi connectivity index (χ0n) is 9.75. The highest BCUT2D eigenvalue weighted by molar-refractivity contribution is 5.85. The minimum atomic E-state index is -2.54. The van der Waals surface area contributed by atoms with Crippen molar-refractivity contribution in [2.75, 3.05) is 26.2 Å². The maximum atomic E-state index is 12.9. The Morgan fingerprint density at radius 3 is 2.24 bits per heavy atom. The van der Waals surface area contributed by atoms with Gasteiger partial charge in [-0.15, -0.1) is 12.4 Å². The summed E-state index contributed by atoms with van der Waals surface area (Å²) in [6.07, 6.45) is 0.427. The van der Waals surface area contributed by atoms with E-state index in [0.717, 1.165) is 13.1 Å². The molecule has 0 spiro atoms. The van der Waals surface area contributed by atoms with Gasteiger partial charge in [-0.25, -0.2) is 8.78 Å². The zero-order chi connectivity index (χ0) is 11.6. The fraction of sp³-hybridized carbons (Fsp3) is 0.909. The Labute approximate surface area is 106 Å². The van der Waals surface area contributed by atoms with E-state index < -0.39 is 5.92 Å². The molecule has 3 nitrogen and oxygen atoms in total. The number of nitrogens with one attached hydrogen (secondary N) is 1. The third-order valence-corrected chi connectivity index (χ3v) is 3.50. The van der Waals surface area contributed by atoms with Gasteiger partial charge in [0.25, 0.3) is 0 Å². The summed E-state index contributed by atoms with van der Waals surface area (Å²) in [6.45, 7) is 3.06. The number of alkyl halides is 2. The largest absolute Gasteiger partial charge is 0.340 e. The lowest BCUT2D eigenvalue weighted by Gasteiger charge is -2.34. The molecule has 0 radical (unpaired) electrons. The van der Waals surface area contributed by atoms with Gasteiger partial charge in [-0.3, -0.25) is 4.79 Å². The number of rotatable bonds is 1. The van der Waals surface area contributed by atoms with Crippen molar-refractivity contribution in [1.82, 2.24) is 10.2 Å². The van der Waals surface area contributed by atoms with Crippen LogP contribution in [0, 0.1) is 5.92 Å². The van der Waals surface area contributed by atoms with Crippen LogP contribution in [0.4, 0.5) is 8.78 Å². The van der Waals surface area contributed by atoms with E-state index in [0.29, 0.717) is 25.9 Å². The number of piperazine rings is 1.